The van der Waals surface area contributed by atoms with Gasteiger partial charge in [-0.25, -0.2) is 4.98 Å². The lowest BCUT2D eigenvalue weighted by molar-refractivity contribution is -0.138. The molecule has 0 radical (unpaired) electrons. The van der Waals surface area contributed by atoms with Crippen LogP contribution in [-0.2, 0) is 16.1 Å². The van der Waals surface area contributed by atoms with Crippen LogP contribution in [0.3, 0.4) is 0 Å². The van der Waals surface area contributed by atoms with E-state index in [0.717, 1.165) is 0 Å². The number of hydrogen-bond donors (Lipinski definition) is 1. The molecule has 1 saturated heterocycles. The van der Waals surface area contributed by atoms with E-state index < -0.39 is 0 Å². The van der Waals surface area contributed by atoms with Gasteiger partial charge in [0.2, 0.25) is 11.8 Å². The molecule has 0 aliphatic carbocycles. The summed E-state index contributed by atoms with van der Waals surface area (Å²) < 4.78 is 1.71. The van der Waals surface area contributed by atoms with E-state index in [1.165, 1.54) is 4.90 Å². The normalized spacial score (nSPS) is 16.4. The highest BCUT2D eigenvalue weighted by Gasteiger charge is 2.28. The number of carbonyl (C=O) groups is 2. The number of anilines is 1. The molecule has 6 nitrogen and oxygen atoms in total. The minimum Gasteiger partial charge on any atom is -0.369 e. The van der Waals surface area contributed by atoms with Gasteiger partial charge in [0.05, 0.1) is 0 Å². The molecule has 2 heterocycles. The lowest BCUT2D eigenvalue weighted by Crippen LogP contribution is -2.32. The summed E-state index contributed by atoms with van der Waals surface area (Å²) in [5, 5.41) is 0. The maximum atomic E-state index is 11.3. The molecule has 1 aliphatic rings. The van der Waals surface area contributed by atoms with Crippen molar-refractivity contribution in [2.45, 2.75) is 19.4 Å². The Balaban J connectivity index is 1.96. The number of hydrogen-bond acceptors (Lipinski definition) is 4. The molecule has 0 unspecified atom stereocenters. The second-order valence-electron chi connectivity index (χ2n) is 3.42. The van der Waals surface area contributed by atoms with Crippen LogP contribution in [0.5, 0.6) is 0 Å². The van der Waals surface area contributed by atoms with Gasteiger partial charge in [0.1, 0.15) is 0 Å². The van der Waals surface area contributed by atoms with Gasteiger partial charge in [-0.1, -0.05) is 0 Å². The van der Waals surface area contributed by atoms with Crippen molar-refractivity contribution in [1.82, 2.24) is 14.5 Å². The number of nitrogen functional groups attached to an aromatic ring is 1. The van der Waals surface area contributed by atoms with Gasteiger partial charge in [0, 0.05) is 38.3 Å². The Kier molecular flexibility index (Phi) is 2.40. The standard InChI is InChI=1S/C9H12N4O2/c10-9-11-3-4-12(9)5-6-13-7(14)1-2-8(13)15/h3-4H,1-2,5-6H2,(H2,10,11). The summed E-state index contributed by atoms with van der Waals surface area (Å²) in [7, 11) is 0. The molecule has 15 heavy (non-hydrogen) atoms. The van der Waals surface area contributed by atoms with Crippen LogP contribution in [-0.4, -0.2) is 32.8 Å². The first-order valence-electron chi connectivity index (χ1n) is 4.78. The number of carbonyl (C=O) groups excluding carboxylic acids is 2. The highest BCUT2D eigenvalue weighted by Crippen LogP contribution is 2.11. The largest absolute Gasteiger partial charge is 0.369 e. The van der Waals surface area contributed by atoms with Gasteiger partial charge >= 0.3 is 0 Å². The monoisotopic (exact) mass is 208 g/mol. The van der Waals surface area contributed by atoms with E-state index in [0.29, 0.717) is 31.9 Å². The molecule has 2 N–H and O–H groups in total. The van der Waals surface area contributed by atoms with Crippen LogP contribution in [0.2, 0.25) is 0 Å². The Hall–Kier alpha value is -1.85. The predicted octanol–water partition coefficient (Wildman–Crippen LogP) is -0.386. The van der Waals surface area contributed by atoms with Gasteiger partial charge in [-0.2, -0.15) is 0 Å². The number of aromatic nitrogens is 2. The lowest BCUT2D eigenvalue weighted by atomic mass is 10.4. The molecule has 0 bridgehead atoms. The van der Waals surface area contributed by atoms with E-state index in [1.54, 1.807) is 17.0 Å². The fourth-order valence-corrected chi connectivity index (χ4v) is 1.61. The molecular formula is C9H12N4O2. The smallest absolute Gasteiger partial charge is 0.229 e. The van der Waals surface area contributed by atoms with Crippen molar-refractivity contribution in [3.05, 3.63) is 12.4 Å². The number of nitrogens with zero attached hydrogens (tertiary/aromatic N) is 3. The Morgan fingerprint density at radius 3 is 2.47 bits per heavy atom. The van der Waals surface area contributed by atoms with Crippen molar-refractivity contribution in [2.75, 3.05) is 12.3 Å². The number of imidazole rings is 1. The summed E-state index contributed by atoms with van der Waals surface area (Å²) in [5.74, 6) is 0.200. The second kappa shape index (κ2) is 3.72. The fraction of sp³-hybridized carbons (Fsp3) is 0.444. The highest BCUT2D eigenvalue weighted by atomic mass is 16.2. The zero-order valence-electron chi connectivity index (χ0n) is 8.22. The third kappa shape index (κ3) is 1.83. The topological polar surface area (TPSA) is 81.2 Å². The zero-order chi connectivity index (χ0) is 10.8. The van der Waals surface area contributed by atoms with E-state index in [1.807, 2.05) is 0 Å². The van der Waals surface area contributed by atoms with E-state index >= 15 is 0 Å². The Morgan fingerprint density at radius 2 is 1.93 bits per heavy atom. The van der Waals surface area contributed by atoms with Crippen molar-refractivity contribution in [3.8, 4) is 0 Å². The summed E-state index contributed by atoms with van der Waals surface area (Å²) in [5.41, 5.74) is 5.56. The summed E-state index contributed by atoms with van der Waals surface area (Å²) in [6, 6.07) is 0. The second-order valence-corrected chi connectivity index (χ2v) is 3.42. The molecule has 1 aliphatic heterocycles. The maximum absolute atomic E-state index is 11.3. The van der Waals surface area contributed by atoms with Crippen molar-refractivity contribution >= 4 is 17.8 Å². The minimum atomic E-state index is -0.0984. The van der Waals surface area contributed by atoms with Crippen LogP contribution in [0.15, 0.2) is 12.4 Å². The SMILES string of the molecule is Nc1nccn1CCN1C(=O)CCC1=O. The minimum absolute atomic E-state index is 0.0984. The molecule has 2 rings (SSSR count). The number of rotatable bonds is 3. The average molecular weight is 208 g/mol. The fourth-order valence-electron chi connectivity index (χ4n) is 1.61. The van der Waals surface area contributed by atoms with E-state index in [4.69, 9.17) is 5.73 Å². The van der Waals surface area contributed by atoms with Gasteiger partial charge in [-0.3, -0.25) is 14.5 Å². The first kappa shape index (κ1) is 9.70. The number of imide groups is 1. The van der Waals surface area contributed by atoms with Crippen LogP contribution < -0.4 is 5.73 Å². The third-order valence-electron chi connectivity index (χ3n) is 2.47. The molecule has 0 aromatic carbocycles. The molecule has 1 aromatic heterocycles. The van der Waals surface area contributed by atoms with E-state index in [-0.39, 0.29) is 11.8 Å². The molecule has 0 saturated carbocycles. The van der Waals surface area contributed by atoms with Crippen LogP contribution >= 0.6 is 0 Å². The molecular weight excluding hydrogens is 196 g/mol. The highest BCUT2D eigenvalue weighted by molar-refractivity contribution is 6.01. The molecule has 0 spiro atoms. The summed E-state index contributed by atoms with van der Waals surface area (Å²) in [6.07, 6.45) is 3.97. The molecule has 1 aromatic rings. The van der Waals surface area contributed by atoms with Gasteiger partial charge in [-0.05, 0) is 0 Å². The van der Waals surface area contributed by atoms with Crippen molar-refractivity contribution < 1.29 is 9.59 Å². The molecule has 0 atom stereocenters. The average Bonchev–Trinajstić information content (AvgIpc) is 2.73. The van der Waals surface area contributed by atoms with Crippen LogP contribution in [0.1, 0.15) is 12.8 Å². The van der Waals surface area contributed by atoms with Crippen LogP contribution in [0.4, 0.5) is 5.95 Å². The summed E-state index contributed by atoms with van der Waals surface area (Å²) in [6.45, 7) is 0.877. The van der Waals surface area contributed by atoms with Crippen LogP contribution in [0, 0.1) is 0 Å². The van der Waals surface area contributed by atoms with E-state index in [2.05, 4.69) is 4.98 Å². The van der Waals surface area contributed by atoms with Gasteiger partial charge < -0.3 is 10.3 Å². The first-order chi connectivity index (χ1) is 7.18. The van der Waals surface area contributed by atoms with Crippen molar-refractivity contribution in [2.24, 2.45) is 0 Å². The molecule has 2 amide bonds. The Morgan fingerprint density at radius 1 is 1.27 bits per heavy atom. The Bertz CT molecular complexity index is 383. The lowest BCUT2D eigenvalue weighted by Gasteiger charge is -2.14. The summed E-state index contributed by atoms with van der Waals surface area (Å²) in [4.78, 5) is 27.7. The molecule has 6 heteroatoms. The number of likely N-dealkylation sites (tertiary alicyclic amines) is 1. The summed E-state index contributed by atoms with van der Waals surface area (Å²) >= 11 is 0. The maximum Gasteiger partial charge on any atom is 0.229 e. The van der Waals surface area contributed by atoms with E-state index in [9.17, 15) is 9.59 Å². The third-order valence-corrected chi connectivity index (χ3v) is 2.47. The van der Waals surface area contributed by atoms with Gasteiger partial charge in [-0.15, -0.1) is 0 Å². The first-order valence-corrected chi connectivity index (χ1v) is 4.78. The van der Waals surface area contributed by atoms with Gasteiger partial charge in [0.15, 0.2) is 5.95 Å². The van der Waals surface area contributed by atoms with Crippen LogP contribution in [0.25, 0.3) is 0 Å². The predicted molar refractivity (Wildman–Crippen MR) is 52.6 cm³/mol. The molecule has 80 valence electrons. The Labute approximate surface area is 86.7 Å². The van der Waals surface area contributed by atoms with Crippen molar-refractivity contribution in [1.29, 1.82) is 0 Å². The quantitative estimate of drug-likeness (QED) is 0.686. The molecule has 1 fully saturated rings. The van der Waals surface area contributed by atoms with Gasteiger partial charge in [0.25, 0.3) is 0 Å². The zero-order valence-corrected chi connectivity index (χ0v) is 8.22. The van der Waals surface area contributed by atoms with Crippen molar-refractivity contribution in [3.63, 3.8) is 0 Å². The number of amides is 2. The number of nitrogens with two attached hydrogens (primary N) is 1.